The minimum Gasteiger partial charge on any atom is -0.383 e. The smallest absolute Gasteiger partial charge is 0.0632 e. The molecule has 3 heteroatoms. The maximum atomic E-state index is 5.48. The molecule has 0 amide bonds. The first kappa shape index (κ1) is 14.2. The summed E-state index contributed by atoms with van der Waals surface area (Å²) >= 11 is 0. The monoisotopic (exact) mass is 236 g/mol. The highest BCUT2D eigenvalue weighted by atomic mass is 16.5. The fourth-order valence-electron chi connectivity index (χ4n) is 1.79. The molecule has 1 atom stereocenters. The number of nitrogens with two attached hydrogens (primary N) is 1. The van der Waals surface area contributed by atoms with E-state index in [2.05, 4.69) is 50.5 Å². The Morgan fingerprint density at radius 1 is 1.24 bits per heavy atom. The zero-order valence-electron chi connectivity index (χ0n) is 11.3. The molecule has 3 N–H and O–H groups in total. The van der Waals surface area contributed by atoms with Gasteiger partial charge in [0, 0.05) is 13.2 Å². The van der Waals surface area contributed by atoms with Gasteiger partial charge in [0.15, 0.2) is 0 Å². The molecule has 0 saturated carbocycles. The van der Waals surface area contributed by atoms with Crippen molar-refractivity contribution in [3.63, 3.8) is 0 Å². The predicted molar refractivity (Wildman–Crippen MR) is 71.8 cm³/mol. The number of benzene rings is 1. The summed E-state index contributed by atoms with van der Waals surface area (Å²) in [5.41, 5.74) is 5.60. The third kappa shape index (κ3) is 4.46. The van der Waals surface area contributed by atoms with E-state index >= 15 is 0 Å². The lowest BCUT2D eigenvalue weighted by molar-refractivity contribution is 0.166. The van der Waals surface area contributed by atoms with Crippen molar-refractivity contribution < 1.29 is 4.74 Å². The standard InChI is InChI=1S/C14H24N2O/c1-14(2,3)12-7-5-11(6-8-12)9-13(16-15)10-17-4/h5-8,13,16H,9-10,15H2,1-4H3. The second-order valence-electron chi connectivity index (χ2n) is 5.47. The van der Waals surface area contributed by atoms with Gasteiger partial charge in [-0.05, 0) is 23.0 Å². The first-order valence-electron chi connectivity index (χ1n) is 6.02. The lowest BCUT2D eigenvalue weighted by Gasteiger charge is -2.20. The second-order valence-corrected chi connectivity index (χ2v) is 5.47. The topological polar surface area (TPSA) is 47.3 Å². The lowest BCUT2D eigenvalue weighted by atomic mass is 9.86. The van der Waals surface area contributed by atoms with Crippen LogP contribution in [0.15, 0.2) is 24.3 Å². The number of nitrogens with one attached hydrogen (secondary N) is 1. The number of rotatable bonds is 5. The van der Waals surface area contributed by atoms with E-state index in [0.29, 0.717) is 6.61 Å². The minimum atomic E-state index is 0.167. The summed E-state index contributed by atoms with van der Waals surface area (Å²) in [5, 5.41) is 0. The van der Waals surface area contributed by atoms with Crippen LogP contribution in [0.1, 0.15) is 31.9 Å². The van der Waals surface area contributed by atoms with Crippen molar-refractivity contribution >= 4 is 0 Å². The van der Waals surface area contributed by atoms with Crippen LogP contribution in [0, 0.1) is 0 Å². The Morgan fingerprint density at radius 2 is 1.82 bits per heavy atom. The van der Waals surface area contributed by atoms with Crippen molar-refractivity contribution in [2.75, 3.05) is 13.7 Å². The Morgan fingerprint density at radius 3 is 2.24 bits per heavy atom. The molecule has 0 radical (unpaired) electrons. The largest absolute Gasteiger partial charge is 0.383 e. The van der Waals surface area contributed by atoms with Gasteiger partial charge in [0.05, 0.1) is 6.61 Å². The average molecular weight is 236 g/mol. The molecule has 1 unspecified atom stereocenters. The second kappa shape index (κ2) is 6.15. The highest BCUT2D eigenvalue weighted by Crippen LogP contribution is 2.22. The molecule has 0 spiro atoms. The molecule has 17 heavy (non-hydrogen) atoms. The average Bonchev–Trinajstić information content (AvgIpc) is 2.28. The summed E-state index contributed by atoms with van der Waals surface area (Å²) in [6, 6.07) is 8.88. The van der Waals surface area contributed by atoms with E-state index < -0.39 is 0 Å². The summed E-state index contributed by atoms with van der Waals surface area (Å²) in [6.45, 7) is 7.28. The molecule has 1 rings (SSSR count). The van der Waals surface area contributed by atoms with Crippen molar-refractivity contribution in [1.29, 1.82) is 0 Å². The van der Waals surface area contributed by atoms with Gasteiger partial charge in [-0.2, -0.15) is 0 Å². The summed E-state index contributed by atoms with van der Waals surface area (Å²) < 4.78 is 5.10. The minimum absolute atomic E-state index is 0.167. The third-order valence-electron chi connectivity index (χ3n) is 2.91. The third-order valence-corrected chi connectivity index (χ3v) is 2.91. The zero-order valence-corrected chi connectivity index (χ0v) is 11.3. The van der Waals surface area contributed by atoms with Gasteiger partial charge in [-0.15, -0.1) is 0 Å². The van der Waals surface area contributed by atoms with Gasteiger partial charge in [-0.3, -0.25) is 11.3 Å². The highest BCUT2D eigenvalue weighted by Gasteiger charge is 2.13. The van der Waals surface area contributed by atoms with Gasteiger partial charge in [0.25, 0.3) is 0 Å². The Labute approximate surface area is 104 Å². The molecule has 0 bridgehead atoms. The molecule has 1 aromatic rings. The quantitative estimate of drug-likeness (QED) is 0.607. The Bertz CT molecular complexity index is 327. The normalized spacial score (nSPS) is 13.7. The van der Waals surface area contributed by atoms with Crippen LogP contribution < -0.4 is 11.3 Å². The molecular formula is C14H24N2O. The van der Waals surface area contributed by atoms with Gasteiger partial charge >= 0.3 is 0 Å². The molecule has 3 nitrogen and oxygen atoms in total. The van der Waals surface area contributed by atoms with Crippen LogP contribution in [0.3, 0.4) is 0 Å². The first-order valence-corrected chi connectivity index (χ1v) is 6.02. The molecule has 0 saturated heterocycles. The molecule has 0 aliphatic rings. The van der Waals surface area contributed by atoms with E-state index in [-0.39, 0.29) is 11.5 Å². The number of hydrogen-bond donors (Lipinski definition) is 2. The van der Waals surface area contributed by atoms with E-state index in [4.69, 9.17) is 10.6 Å². The molecule has 0 fully saturated rings. The van der Waals surface area contributed by atoms with Crippen molar-refractivity contribution in [3.8, 4) is 0 Å². The molecule has 96 valence electrons. The van der Waals surface area contributed by atoms with Gasteiger partial charge in [-0.25, -0.2) is 0 Å². The van der Waals surface area contributed by atoms with Gasteiger partial charge in [-0.1, -0.05) is 45.0 Å². The highest BCUT2D eigenvalue weighted by molar-refractivity contribution is 5.27. The molecule has 0 aliphatic heterocycles. The lowest BCUT2D eigenvalue weighted by Crippen LogP contribution is -2.40. The van der Waals surface area contributed by atoms with Crippen molar-refractivity contribution in [2.24, 2.45) is 5.84 Å². The summed E-state index contributed by atoms with van der Waals surface area (Å²) in [6.07, 6.45) is 0.884. The van der Waals surface area contributed by atoms with Gasteiger partial charge < -0.3 is 4.74 Å². The van der Waals surface area contributed by atoms with Crippen LogP contribution in [0.4, 0.5) is 0 Å². The Balaban J connectivity index is 2.68. The van der Waals surface area contributed by atoms with E-state index in [9.17, 15) is 0 Å². The maximum absolute atomic E-state index is 5.48. The predicted octanol–water partition coefficient (Wildman–Crippen LogP) is 2.00. The SMILES string of the molecule is COCC(Cc1ccc(C(C)(C)C)cc1)NN. The maximum Gasteiger partial charge on any atom is 0.0632 e. The van der Waals surface area contributed by atoms with Crippen LogP contribution in [-0.4, -0.2) is 19.8 Å². The number of hydrazine groups is 1. The van der Waals surface area contributed by atoms with Crippen LogP contribution in [0.25, 0.3) is 0 Å². The Kier molecular flexibility index (Phi) is 5.12. The molecule has 0 aromatic heterocycles. The number of ether oxygens (including phenoxy) is 1. The summed E-state index contributed by atoms with van der Waals surface area (Å²) in [4.78, 5) is 0. The van der Waals surface area contributed by atoms with Gasteiger partial charge in [0.1, 0.15) is 0 Å². The number of methoxy groups -OCH3 is 1. The van der Waals surface area contributed by atoms with Crippen LogP contribution in [0.5, 0.6) is 0 Å². The van der Waals surface area contributed by atoms with E-state index in [1.807, 2.05) is 0 Å². The van der Waals surface area contributed by atoms with E-state index in [1.165, 1.54) is 11.1 Å². The van der Waals surface area contributed by atoms with Crippen LogP contribution in [0.2, 0.25) is 0 Å². The molecular weight excluding hydrogens is 212 g/mol. The number of hydrogen-bond acceptors (Lipinski definition) is 3. The van der Waals surface area contributed by atoms with Crippen molar-refractivity contribution in [3.05, 3.63) is 35.4 Å². The van der Waals surface area contributed by atoms with Crippen molar-refractivity contribution in [1.82, 2.24) is 5.43 Å². The summed E-state index contributed by atoms with van der Waals surface area (Å²) in [5.74, 6) is 5.48. The van der Waals surface area contributed by atoms with E-state index in [0.717, 1.165) is 6.42 Å². The first-order chi connectivity index (χ1) is 7.97. The zero-order chi connectivity index (χ0) is 12.9. The van der Waals surface area contributed by atoms with Crippen LogP contribution in [-0.2, 0) is 16.6 Å². The summed E-state index contributed by atoms with van der Waals surface area (Å²) in [7, 11) is 1.69. The Hall–Kier alpha value is -0.900. The van der Waals surface area contributed by atoms with Crippen molar-refractivity contribution in [2.45, 2.75) is 38.6 Å². The molecule has 0 aliphatic carbocycles. The van der Waals surface area contributed by atoms with Crippen LogP contribution >= 0.6 is 0 Å². The van der Waals surface area contributed by atoms with Gasteiger partial charge in [0.2, 0.25) is 0 Å². The fourth-order valence-corrected chi connectivity index (χ4v) is 1.79. The molecule has 0 heterocycles. The fraction of sp³-hybridized carbons (Fsp3) is 0.571. The van der Waals surface area contributed by atoms with E-state index in [1.54, 1.807) is 7.11 Å². The molecule has 1 aromatic carbocycles.